The summed E-state index contributed by atoms with van der Waals surface area (Å²) in [6.45, 7) is 4.78. The molecule has 1 aliphatic rings. The molecule has 1 aliphatic carbocycles. The van der Waals surface area contributed by atoms with E-state index in [4.69, 9.17) is 5.73 Å². The quantitative estimate of drug-likeness (QED) is 0.771. The van der Waals surface area contributed by atoms with Crippen LogP contribution in [0, 0.1) is 5.92 Å². The van der Waals surface area contributed by atoms with E-state index in [1.807, 2.05) is 0 Å². The number of nitrogens with one attached hydrogen (secondary N) is 1. The SMILES string of the molecule is CCCCc1ccc(CC(=O)NC(C)(CN)C2CC2)cc1.Cl. The lowest BCUT2D eigenvalue weighted by atomic mass is 9.95. The van der Waals surface area contributed by atoms with Crippen molar-refractivity contribution in [3.63, 3.8) is 0 Å². The first-order valence-corrected chi connectivity index (χ1v) is 8.16. The van der Waals surface area contributed by atoms with Crippen LogP contribution in [-0.2, 0) is 17.6 Å². The highest BCUT2D eigenvalue weighted by Gasteiger charge is 2.41. The second-order valence-electron chi connectivity index (χ2n) is 6.54. The van der Waals surface area contributed by atoms with E-state index in [9.17, 15) is 4.79 Å². The normalized spacial score (nSPS) is 16.5. The van der Waals surface area contributed by atoms with Crippen molar-refractivity contribution in [1.29, 1.82) is 0 Å². The minimum absolute atomic E-state index is 0. The predicted molar refractivity (Wildman–Crippen MR) is 94.3 cm³/mol. The van der Waals surface area contributed by atoms with Crippen molar-refractivity contribution < 1.29 is 4.79 Å². The molecule has 2 rings (SSSR count). The molecule has 124 valence electrons. The van der Waals surface area contributed by atoms with Crippen LogP contribution in [-0.4, -0.2) is 18.0 Å². The van der Waals surface area contributed by atoms with Crippen LogP contribution in [0.2, 0.25) is 0 Å². The molecule has 22 heavy (non-hydrogen) atoms. The highest BCUT2D eigenvalue weighted by atomic mass is 35.5. The minimum Gasteiger partial charge on any atom is -0.349 e. The Hall–Kier alpha value is -1.06. The van der Waals surface area contributed by atoms with Gasteiger partial charge in [-0.05, 0) is 49.7 Å². The third-order valence-electron chi connectivity index (χ3n) is 4.53. The van der Waals surface area contributed by atoms with Crippen molar-refractivity contribution in [2.75, 3.05) is 6.54 Å². The fraction of sp³-hybridized carbons (Fsp3) is 0.611. The molecule has 0 heterocycles. The molecule has 4 heteroatoms. The van der Waals surface area contributed by atoms with E-state index in [0.717, 1.165) is 12.0 Å². The molecular weight excluding hydrogens is 296 g/mol. The molecule has 0 aliphatic heterocycles. The number of hydrogen-bond donors (Lipinski definition) is 2. The topological polar surface area (TPSA) is 55.1 Å². The number of amides is 1. The molecule has 0 saturated heterocycles. The molecule has 0 spiro atoms. The van der Waals surface area contributed by atoms with Crippen molar-refractivity contribution in [2.24, 2.45) is 11.7 Å². The lowest BCUT2D eigenvalue weighted by Gasteiger charge is -2.29. The van der Waals surface area contributed by atoms with Gasteiger partial charge in [0.2, 0.25) is 5.91 Å². The summed E-state index contributed by atoms with van der Waals surface area (Å²) in [6.07, 6.45) is 6.35. The third kappa shape index (κ3) is 5.29. The maximum absolute atomic E-state index is 12.2. The molecule has 1 fully saturated rings. The number of benzene rings is 1. The van der Waals surface area contributed by atoms with Crippen LogP contribution in [0.15, 0.2) is 24.3 Å². The summed E-state index contributed by atoms with van der Waals surface area (Å²) >= 11 is 0. The van der Waals surface area contributed by atoms with E-state index in [-0.39, 0.29) is 23.9 Å². The van der Waals surface area contributed by atoms with Crippen molar-refractivity contribution in [3.8, 4) is 0 Å². The van der Waals surface area contributed by atoms with E-state index in [0.29, 0.717) is 18.9 Å². The molecule has 0 bridgehead atoms. The number of hydrogen-bond acceptors (Lipinski definition) is 2. The summed E-state index contributed by atoms with van der Waals surface area (Å²) < 4.78 is 0. The number of carbonyl (C=O) groups is 1. The van der Waals surface area contributed by atoms with Crippen LogP contribution in [0.5, 0.6) is 0 Å². The molecule has 3 nitrogen and oxygen atoms in total. The Morgan fingerprint density at radius 3 is 2.36 bits per heavy atom. The third-order valence-corrected chi connectivity index (χ3v) is 4.53. The van der Waals surface area contributed by atoms with Crippen molar-refractivity contribution in [1.82, 2.24) is 5.32 Å². The van der Waals surface area contributed by atoms with Gasteiger partial charge in [-0.25, -0.2) is 0 Å². The second-order valence-corrected chi connectivity index (χ2v) is 6.54. The van der Waals surface area contributed by atoms with E-state index >= 15 is 0 Å². The van der Waals surface area contributed by atoms with Crippen LogP contribution in [0.4, 0.5) is 0 Å². The summed E-state index contributed by atoms with van der Waals surface area (Å²) in [5.74, 6) is 0.638. The zero-order valence-corrected chi connectivity index (χ0v) is 14.5. The average molecular weight is 325 g/mol. The predicted octanol–water partition coefficient (Wildman–Crippen LogP) is 3.24. The Morgan fingerprint density at radius 2 is 1.86 bits per heavy atom. The van der Waals surface area contributed by atoms with Crippen molar-refractivity contribution in [3.05, 3.63) is 35.4 Å². The summed E-state index contributed by atoms with van der Waals surface area (Å²) in [6, 6.07) is 8.42. The molecule has 1 unspecified atom stereocenters. The molecule has 1 aromatic rings. The maximum Gasteiger partial charge on any atom is 0.224 e. The lowest BCUT2D eigenvalue weighted by Crippen LogP contribution is -2.53. The van der Waals surface area contributed by atoms with Gasteiger partial charge in [0.15, 0.2) is 0 Å². The summed E-state index contributed by atoms with van der Waals surface area (Å²) in [5, 5.41) is 3.14. The van der Waals surface area contributed by atoms with E-state index < -0.39 is 0 Å². The van der Waals surface area contributed by atoms with Gasteiger partial charge in [0.05, 0.1) is 12.0 Å². The van der Waals surface area contributed by atoms with E-state index in [1.54, 1.807) is 0 Å². The second kappa shape index (κ2) is 8.54. The first-order valence-electron chi connectivity index (χ1n) is 8.16. The largest absolute Gasteiger partial charge is 0.349 e. The van der Waals surface area contributed by atoms with Gasteiger partial charge >= 0.3 is 0 Å². The Balaban J connectivity index is 0.00000242. The number of carbonyl (C=O) groups excluding carboxylic acids is 1. The van der Waals surface area contributed by atoms with Crippen LogP contribution < -0.4 is 11.1 Å². The zero-order valence-electron chi connectivity index (χ0n) is 13.7. The Morgan fingerprint density at radius 1 is 1.27 bits per heavy atom. The smallest absolute Gasteiger partial charge is 0.224 e. The molecule has 0 radical (unpaired) electrons. The van der Waals surface area contributed by atoms with E-state index in [1.165, 1.54) is 31.2 Å². The van der Waals surface area contributed by atoms with Gasteiger partial charge in [0, 0.05) is 6.54 Å². The van der Waals surface area contributed by atoms with Crippen LogP contribution in [0.3, 0.4) is 0 Å². The monoisotopic (exact) mass is 324 g/mol. The van der Waals surface area contributed by atoms with Gasteiger partial charge in [-0.2, -0.15) is 0 Å². The highest BCUT2D eigenvalue weighted by Crippen LogP contribution is 2.38. The van der Waals surface area contributed by atoms with Crippen molar-refractivity contribution in [2.45, 2.75) is 57.9 Å². The number of halogens is 1. The van der Waals surface area contributed by atoms with Crippen LogP contribution in [0.1, 0.15) is 50.7 Å². The standard InChI is InChI=1S/C18H28N2O.ClH/c1-3-4-5-14-6-8-15(9-7-14)12-17(21)20-18(2,13-19)16-10-11-16;/h6-9,16H,3-5,10-13,19H2,1-2H3,(H,20,21);1H. The number of unbranched alkanes of at least 4 members (excludes halogenated alkanes) is 1. The van der Waals surface area contributed by atoms with Crippen molar-refractivity contribution >= 4 is 18.3 Å². The first kappa shape index (κ1) is 19.0. The fourth-order valence-electron chi connectivity index (χ4n) is 2.79. The molecule has 3 N–H and O–H groups in total. The zero-order chi connectivity index (χ0) is 15.3. The van der Waals surface area contributed by atoms with Gasteiger partial charge in [-0.3, -0.25) is 4.79 Å². The Bertz CT molecular complexity index is 470. The lowest BCUT2D eigenvalue weighted by molar-refractivity contribution is -0.122. The van der Waals surface area contributed by atoms with Gasteiger partial charge < -0.3 is 11.1 Å². The van der Waals surface area contributed by atoms with Crippen LogP contribution in [0.25, 0.3) is 0 Å². The van der Waals surface area contributed by atoms with E-state index in [2.05, 4.69) is 43.4 Å². The molecule has 1 saturated carbocycles. The molecular formula is C18H29ClN2O. The Labute approximate surface area is 140 Å². The summed E-state index contributed by atoms with van der Waals surface area (Å²) in [5.41, 5.74) is 8.04. The molecule has 1 aromatic carbocycles. The first-order chi connectivity index (χ1) is 10.1. The molecule has 1 atom stereocenters. The Kier molecular flexibility index (Phi) is 7.37. The maximum atomic E-state index is 12.2. The summed E-state index contributed by atoms with van der Waals surface area (Å²) in [4.78, 5) is 12.2. The average Bonchev–Trinajstić information content (AvgIpc) is 3.31. The fourth-order valence-corrected chi connectivity index (χ4v) is 2.79. The van der Waals surface area contributed by atoms with Gasteiger partial charge in [0.1, 0.15) is 0 Å². The summed E-state index contributed by atoms with van der Waals surface area (Å²) in [7, 11) is 0. The van der Waals surface area contributed by atoms with Gasteiger partial charge in [-0.1, -0.05) is 37.6 Å². The number of aryl methyl sites for hydroxylation is 1. The minimum atomic E-state index is -0.224. The van der Waals surface area contributed by atoms with Gasteiger partial charge in [0.25, 0.3) is 0 Å². The molecule has 0 aromatic heterocycles. The van der Waals surface area contributed by atoms with Gasteiger partial charge in [-0.15, -0.1) is 12.4 Å². The molecule has 1 amide bonds. The van der Waals surface area contributed by atoms with Crippen LogP contribution >= 0.6 is 12.4 Å². The number of nitrogens with two attached hydrogens (primary N) is 1. The number of rotatable bonds is 8. The highest BCUT2D eigenvalue weighted by molar-refractivity contribution is 5.85.